The number of hydrogen-bond acceptors (Lipinski definition) is 10. The molecule has 0 radical (unpaired) electrons. The number of rotatable bonds is 24. The minimum absolute atomic E-state index is 0.0219. The predicted molar refractivity (Wildman–Crippen MR) is 225 cm³/mol. The van der Waals surface area contributed by atoms with Crippen LogP contribution in [-0.2, 0) is 36.9 Å². The topological polar surface area (TPSA) is 191 Å². The Kier molecular flexibility index (Phi) is 17.6. The van der Waals surface area contributed by atoms with Gasteiger partial charge in [-0.05, 0) is 61.6 Å². The number of hydrogen-bond donors (Lipinski definition) is 5. The van der Waals surface area contributed by atoms with Gasteiger partial charge in [0, 0.05) is 12.1 Å². The summed E-state index contributed by atoms with van der Waals surface area (Å²) in [4.78, 5) is 65.8. The molecule has 2 unspecified atom stereocenters. The average Bonchev–Trinajstić information content (AvgIpc) is 4.11. The van der Waals surface area contributed by atoms with E-state index in [4.69, 9.17) is 18.9 Å². The van der Waals surface area contributed by atoms with E-state index in [2.05, 4.69) is 21.3 Å². The molecule has 0 saturated heterocycles. The van der Waals surface area contributed by atoms with Crippen LogP contribution < -0.4 is 35.5 Å². The van der Waals surface area contributed by atoms with Crippen LogP contribution in [0.3, 0.4) is 0 Å². The van der Waals surface area contributed by atoms with E-state index in [1.807, 2.05) is 36.4 Å². The van der Waals surface area contributed by atoms with Gasteiger partial charge in [0.05, 0.1) is 44.8 Å². The van der Waals surface area contributed by atoms with E-state index in [0.717, 1.165) is 37.2 Å². The zero-order valence-electron chi connectivity index (χ0n) is 34.9. The highest BCUT2D eigenvalue weighted by molar-refractivity contribution is 6.00. The zero-order chi connectivity index (χ0) is 42.9. The van der Waals surface area contributed by atoms with Crippen LogP contribution in [0.25, 0.3) is 0 Å². The van der Waals surface area contributed by atoms with Crippen molar-refractivity contribution in [1.82, 2.24) is 21.3 Å². The zero-order valence-corrected chi connectivity index (χ0v) is 34.9. The summed E-state index contributed by atoms with van der Waals surface area (Å²) in [7, 11) is 4.61. The number of likely N-dealkylation sites (N-methyl/N-ethyl adjacent to an activating group) is 1. The van der Waals surface area contributed by atoms with Gasteiger partial charge in [0.2, 0.25) is 11.8 Å². The third kappa shape index (κ3) is 14.0. The van der Waals surface area contributed by atoms with E-state index < -0.39 is 48.3 Å². The molecule has 0 aliphatic heterocycles. The molecule has 14 nitrogen and oxygen atoms in total. The van der Waals surface area contributed by atoms with Crippen LogP contribution in [-0.4, -0.2) is 87.3 Å². The van der Waals surface area contributed by atoms with Crippen molar-refractivity contribution in [1.29, 1.82) is 0 Å². The average molecular weight is 829 g/mol. The fourth-order valence-electron chi connectivity index (χ4n) is 8.03. The molecule has 60 heavy (non-hydrogen) atoms. The molecule has 0 heterocycles. The largest absolute Gasteiger partial charge is 0.493 e. The number of benzene rings is 3. The van der Waals surface area contributed by atoms with Gasteiger partial charge in [-0.25, -0.2) is 4.79 Å². The van der Waals surface area contributed by atoms with Crippen LogP contribution in [0.5, 0.6) is 17.2 Å². The molecule has 2 fully saturated rings. The fourth-order valence-corrected chi connectivity index (χ4v) is 8.03. The summed E-state index contributed by atoms with van der Waals surface area (Å²) in [5, 5.41) is 21.2. The lowest BCUT2D eigenvalue weighted by Crippen LogP contribution is -2.51. The first-order valence-electron chi connectivity index (χ1n) is 21.0. The maximum Gasteiger partial charge on any atom is 0.329 e. The Labute approximate surface area is 352 Å². The summed E-state index contributed by atoms with van der Waals surface area (Å²) in [5.41, 5.74) is 1.51. The molecule has 0 bridgehead atoms. The maximum atomic E-state index is 13.9. The first-order chi connectivity index (χ1) is 29.1. The van der Waals surface area contributed by atoms with E-state index in [1.54, 1.807) is 31.3 Å². The van der Waals surface area contributed by atoms with Crippen molar-refractivity contribution in [3.63, 3.8) is 0 Å². The number of nitrogens with one attached hydrogen (secondary N) is 4. The summed E-state index contributed by atoms with van der Waals surface area (Å²) in [6, 6.07) is 18.6. The monoisotopic (exact) mass is 828 g/mol. The summed E-state index contributed by atoms with van der Waals surface area (Å²) in [5.74, 6) is -1.81. The van der Waals surface area contributed by atoms with Crippen LogP contribution in [0.15, 0.2) is 72.8 Å². The van der Waals surface area contributed by atoms with E-state index in [1.165, 1.54) is 58.5 Å². The Balaban J connectivity index is 1.27. The van der Waals surface area contributed by atoms with Crippen LogP contribution in [0.1, 0.15) is 85.7 Å². The molecule has 3 aromatic rings. The molecule has 0 aromatic heterocycles. The van der Waals surface area contributed by atoms with Crippen molar-refractivity contribution >= 4 is 29.7 Å². The molecule has 2 saturated carbocycles. The Bertz CT molecular complexity index is 1870. The number of ether oxygens (including phenoxy) is 4. The molecule has 4 atom stereocenters. The molecule has 3 amide bonds. The molecule has 324 valence electrons. The quantitative estimate of drug-likeness (QED) is 0.0745. The Morgan fingerprint density at radius 3 is 2.07 bits per heavy atom. The van der Waals surface area contributed by atoms with E-state index >= 15 is 0 Å². The van der Waals surface area contributed by atoms with Crippen molar-refractivity contribution in [3.05, 3.63) is 89.5 Å². The van der Waals surface area contributed by atoms with Gasteiger partial charge in [0.1, 0.15) is 25.0 Å². The van der Waals surface area contributed by atoms with Crippen molar-refractivity contribution < 1.29 is 48.0 Å². The third-order valence-corrected chi connectivity index (χ3v) is 11.4. The van der Waals surface area contributed by atoms with Gasteiger partial charge >= 0.3 is 11.9 Å². The van der Waals surface area contributed by atoms with Gasteiger partial charge in [-0.2, -0.15) is 0 Å². The lowest BCUT2D eigenvalue weighted by atomic mass is 9.81. The van der Waals surface area contributed by atoms with Crippen LogP contribution in [0.4, 0.5) is 0 Å². The van der Waals surface area contributed by atoms with Crippen molar-refractivity contribution in [3.8, 4) is 17.2 Å². The second-order valence-corrected chi connectivity index (χ2v) is 15.8. The summed E-state index contributed by atoms with van der Waals surface area (Å²) >= 11 is 0. The first-order valence-corrected chi connectivity index (χ1v) is 21.0. The SMILES string of the molecule is CNC(C(=O)NCC(=O)N[C@@H](COc1cc(OC)c(OC)cc1C(=O)N[C@@H](CC(=O)O)C(=O)OCc1ccccc1)Cc1ccccc1)C(CCC1CCCCC1)C1CC1. The number of amides is 3. The summed E-state index contributed by atoms with van der Waals surface area (Å²) < 4.78 is 22.5. The first kappa shape index (κ1) is 45.5. The highest BCUT2D eigenvalue weighted by atomic mass is 16.5. The lowest BCUT2D eigenvalue weighted by Gasteiger charge is -2.29. The highest BCUT2D eigenvalue weighted by Crippen LogP contribution is 2.42. The smallest absolute Gasteiger partial charge is 0.329 e. The molecule has 5 rings (SSSR count). The van der Waals surface area contributed by atoms with Gasteiger partial charge in [-0.1, -0.05) is 99.2 Å². The minimum atomic E-state index is -1.53. The highest BCUT2D eigenvalue weighted by Gasteiger charge is 2.39. The Hall–Kier alpha value is -5.63. The fraction of sp³-hybridized carbons (Fsp3) is 0.500. The van der Waals surface area contributed by atoms with Crippen molar-refractivity contribution in [2.45, 2.75) is 95.4 Å². The lowest BCUT2D eigenvalue weighted by molar-refractivity contribution is -0.151. The van der Waals surface area contributed by atoms with Crippen LogP contribution >= 0.6 is 0 Å². The number of carbonyl (C=O) groups excluding carboxylic acids is 4. The van der Waals surface area contributed by atoms with Crippen LogP contribution in [0, 0.1) is 17.8 Å². The molecular weight excluding hydrogens is 769 g/mol. The van der Waals surface area contributed by atoms with Gasteiger partial charge in [0.25, 0.3) is 5.91 Å². The molecule has 3 aromatic carbocycles. The Morgan fingerprint density at radius 2 is 1.45 bits per heavy atom. The van der Waals surface area contributed by atoms with Crippen LogP contribution in [0.2, 0.25) is 0 Å². The number of carboxylic acid groups (broad SMARTS) is 1. The Morgan fingerprint density at radius 1 is 0.800 bits per heavy atom. The van der Waals surface area contributed by atoms with Gasteiger partial charge in [0.15, 0.2) is 11.5 Å². The minimum Gasteiger partial charge on any atom is -0.493 e. The normalized spacial score (nSPS) is 16.0. The van der Waals surface area contributed by atoms with Crippen molar-refractivity contribution in [2.24, 2.45) is 17.8 Å². The van der Waals surface area contributed by atoms with Gasteiger partial charge in [-0.15, -0.1) is 0 Å². The molecular formula is C46H60N4O10. The number of carbonyl (C=O) groups is 5. The molecule has 2 aliphatic carbocycles. The second-order valence-electron chi connectivity index (χ2n) is 15.8. The second kappa shape index (κ2) is 23.2. The number of aliphatic carboxylic acids is 1. The maximum absolute atomic E-state index is 13.9. The van der Waals surface area contributed by atoms with Gasteiger partial charge < -0.3 is 45.3 Å². The van der Waals surface area contributed by atoms with E-state index in [-0.39, 0.29) is 54.4 Å². The molecule has 14 heteroatoms. The van der Waals surface area contributed by atoms with Gasteiger partial charge in [-0.3, -0.25) is 19.2 Å². The third-order valence-electron chi connectivity index (χ3n) is 11.4. The van der Waals surface area contributed by atoms with Crippen molar-refractivity contribution in [2.75, 3.05) is 34.4 Å². The van der Waals surface area contributed by atoms with E-state index in [0.29, 0.717) is 17.9 Å². The predicted octanol–water partition coefficient (Wildman–Crippen LogP) is 5.22. The molecule has 0 spiro atoms. The molecule has 5 N–H and O–H groups in total. The van der Waals surface area contributed by atoms with E-state index in [9.17, 15) is 29.1 Å². The standard InChI is InChI=1S/C46H60N4O10/c1-47-43(35(33-20-21-33)22-19-30-13-7-4-8-14-30)45(55)48-27-41(51)49-34(23-31-15-9-5-10-16-31)29-59-38-26-40(58-3)39(57-2)24-36(38)44(54)50-37(25-42(52)53)46(56)60-28-32-17-11-6-12-18-32/h5-6,9-12,15-18,24,26,30,33-35,37,43,47H,4,7-8,13-14,19-23,25,27-29H2,1-3H3,(H,48,55)(H,49,51)(H,50,54)(H,52,53)/t34-,35?,37+,43?/m1/s1. The number of carboxylic acids is 1. The summed E-state index contributed by atoms with van der Waals surface area (Å²) in [6.45, 7) is -0.476. The molecule has 2 aliphatic rings. The number of methoxy groups -OCH3 is 2. The summed E-state index contributed by atoms with van der Waals surface area (Å²) in [6.07, 6.45) is 10.4. The number of esters is 1.